The lowest BCUT2D eigenvalue weighted by atomic mass is 10.1. The van der Waals surface area contributed by atoms with Gasteiger partial charge in [-0.15, -0.1) is 0 Å². The minimum absolute atomic E-state index is 0.0365. The van der Waals surface area contributed by atoms with E-state index in [1.54, 1.807) is 43.4 Å². The number of nitrogen functional groups attached to an aromatic ring is 1. The maximum atomic E-state index is 13.6. The summed E-state index contributed by atoms with van der Waals surface area (Å²) in [7, 11) is 1.60. The summed E-state index contributed by atoms with van der Waals surface area (Å²) in [6.07, 6.45) is 0.269. The highest BCUT2D eigenvalue weighted by Gasteiger charge is 2.17. The molecule has 0 amide bonds. The smallest absolute Gasteiger partial charge is 0.335 e. The Hall–Kier alpha value is -2.89. The fourth-order valence-corrected chi connectivity index (χ4v) is 2.65. The van der Waals surface area contributed by atoms with E-state index in [0.717, 1.165) is 4.57 Å². The summed E-state index contributed by atoms with van der Waals surface area (Å²) in [5, 5.41) is 0. The van der Waals surface area contributed by atoms with Crippen molar-refractivity contribution < 1.29 is 9.18 Å². The van der Waals surface area contributed by atoms with Crippen LogP contribution in [0.4, 0.5) is 10.1 Å². The van der Waals surface area contributed by atoms with Gasteiger partial charge in [-0.2, -0.15) is 0 Å². The zero-order valence-electron chi connectivity index (χ0n) is 12.6. The Balaban J connectivity index is 1.95. The summed E-state index contributed by atoms with van der Waals surface area (Å²) in [5.74, 6) is -0.732. The monoisotopic (exact) mass is 313 g/mol. The third-order valence-corrected chi connectivity index (χ3v) is 3.90. The Morgan fingerprint density at radius 1 is 1.17 bits per heavy atom. The molecule has 1 aromatic heterocycles. The molecule has 0 aliphatic carbocycles. The number of carbonyl (C=O) groups is 1. The molecule has 1 heterocycles. The number of aromatic nitrogens is 2. The van der Waals surface area contributed by atoms with Crippen LogP contribution in [-0.2, 0) is 13.5 Å². The first-order valence-corrected chi connectivity index (χ1v) is 7.22. The fourth-order valence-electron chi connectivity index (χ4n) is 2.65. The first kappa shape index (κ1) is 15.0. The number of hydrogen-bond acceptors (Lipinski definition) is 3. The van der Waals surface area contributed by atoms with Gasteiger partial charge in [0.1, 0.15) is 5.82 Å². The normalized spacial score (nSPS) is 11.0. The Morgan fingerprint density at radius 3 is 2.65 bits per heavy atom. The molecule has 5 nitrogen and oxygen atoms in total. The molecule has 0 atom stereocenters. The average Bonchev–Trinajstić information content (AvgIpc) is 2.77. The van der Waals surface area contributed by atoms with E-state index in [1.165, 1.54) is 10.6 Å². The van der Waals surface area contributed by atoms with Crippen molar-refractivity contribution in [2.75, 3.05) is 5.73 Å². The summed E-state index contributed by atoms with van der Waals surface area (Å²) in [6.45, 7) is 0. The Morgan fingerprint density at radius 2 is 1.91 bits per heavy atom. The molecule has 23 heavy (non-hydrogen) atoms. The highest BCUT2D eigenvalue weighted by atomic mass is 19.1. The van der Waals surface area contributed by atoms with Crippen molar-refractivity contribution in [2.24, 2.45) is 7.05 Å². The maximum absolute atomic E-state index is 13.6. The van der Waals surface area contributed by atoms with Crippen LogP contribution in [0.25, 0.3) is 11.0 Å². The van der Waals surface area contributed by atoms with Crippen LogP contribution in [0.1, 0.15) is 16.8 Å². The van der Waals surface area contributed by atoms with Gasteiger partial charge in [0.15, 0.2) is 0 Å². The molecule has 0 unspecified atom stereocenters. The van der Waals surface area contributed by atoms with Gasteiger partial charge in [-0.1, -0.05) is 18.2 Å². The van der Waals surface area contributed by atoms with Crippen molar-refractivity contribution >= 4 is 22.6 Å². The predicted molar refractivity (Wildman–Crippen MR) is 86.9 cm³/mol. The van der Waals surface area contributed by atoms with E-state index in [0.29, 0.717) is 22.3 Å². The number of rotatable bonds is 3. The molecule has 0 aliphatic heterocycles. The molecule has 0 saturated heterocycles. The van der Waals surface area contributed by atoms with Crippen LogP contribution >= 0.6 is 0 Å². The molecule has 0 spiro atoms. The number of hydrogen-bond donors (Lipinski definition) is 1. The zero-order valence-corrected chi connectivity index (χ0v) is 12.6. The highest BCUT2D eigenvalue weighted by Crippen LogP contribution is 2.17. The van der Waals surface area contributed by atoms with E-state index in [1.807, 2.05) is 0 Å². The molecular weight excluding hydrogens is 297 g/mol. The van der Waals surface area contributed by atoms with E-state index in [2.05, 4.69) is 0 Å². The van der Waals surface area contributed by atoms with Gasteiger partial charge >= 0.3 is 5.69 Å². The summed E-state index contributed by atoms with van der Waals surface area (Å²) < 4.78 is 16.1. The number of halogens is 1. The zero-order chi connectivity index (χ0) is 16.6. The number of nitrogens with zero attached hydrogens (tertiary/aromatic N) is 2. The van der Waals surface area contributed by atoms with Gasteiger partial charge in [0.05, 0.1) is 11.0 Å². The van der Waals surface area contributed by atoms with Crippen molar-refractivity contribution in [1.82, 2.24) is 9.13 Å². The number of fused-ring (bicyclic) bond motifs is 1. The second kappa shape index (κ2) is 5.72. The van der Waals surface area contributed by atoms with Crippen molar-refractivity contribution in [3.63, 3.8) is 0 Å². The number of benzene rings is 2. The van der Waals surface area contributed by atoms with E-state index < -0.39 is 5.69 Å². The number of imidazole rings is 1. The van der Waals surface area contributed by atoms with Gasteiger partial charge in [0.2, 0.25) is 5.91 Å². The quantitative estimate of drug-likeness (QED) is 0.755. The molecule has 118 valence electrons. The molecule has 3 rings (SSSR count). The molecule has 0 aliphatic rings. The second-order valence-corrected chi connectivity index (χ2v) is 5.41. The number of carbonyl (C=O) groups excluding carboxylic acids is 1. The minimum Gasteiger partial charge on any atom is -0.399 e. The van der Waals surface area contributed by atoms with Gasteiger partial charge in [-0.05, 0) is 36.2 Å². The van der Waals surface area contributed by atoms with Gasteiger partial charge in [-0.25, -0.2) is 13.8 Å². The SMILES string of the molecule is Cn1c(=O)n(C(=O)CCc2ccccc2F)c2cc(N)ccc21. The summed E-state index contributed by atoms with van der Waals surface area (Å²) in [6, 6.07) is 11.3. The van der Waals surface area contributed by atoms with Crippen LogP contribution in [-0.4, -0.2) is 15.0 Å². The number of nitrogens with two attached hydrogens (primary N) is 1. The van der Waals surface area contributed by atoms with Crippen LogP contribution in [0.2, 0.25) is 0 Å². The van der Waals surface area contributed by atoms with Crippen molar-refractivity contribution in [1.29, 1.82) is 0 Å². The van der Waals surface area contributed by atoms with E-state index in [9.17, 15) is 14.0 Å². The minimum atomic E-state index is -0.427. The van der Waals surface area contributed by atoms with Crippen LogP contribution in [0.15, 0.2) is 47.3 Å². The Bertz CT molecular complexity index is 956. The lowest BCUT2D eigenvalue weighted by Crippen LogP contribution is -2.28. The van der Waals surface area contributed by atoms with Gasteiger partial charge < -0.3 is 5.73 Å². The molecule has 2 N–H and O–H groups in total. The molecule has 0 radical (unpaired) electrons. The average molecular weight is 313 g/mol. The van der Waals surface area contributed by atoms with Crippen molar-refractivity contribution in [3.8, 4) is 0 Å². The van der Waals surface area contributed by atoms with Crippen LogP contribution in [0.5, 0.6) is 0 Å². The van der Waals surface area contributed by atoms with Gasteiger partial charge in [0, 0.05) is 19.2 Å². The summed E-state index contributed by atoms with van der Waals surface area (Å²) >= 11 is 0. The van der Waals surface area contributed by atoms with Crippen molar-refractivity contribution in [2.45, 2.75) is 12.8 Å². The van der Waals surface area contributed by atoms with Gasteiger partial charge in [0.25, 0.3) is 0 Å². The largest absolute Gasteiger partial charge is 0.399 e. The third kappa shape index (κ3) is 2.63. The van der Waals surface area contributed by atoms with E-state index >= 15 is 0 Å². The molecule has 0 fully saturated rings. The molecule has 0 saturated carbocycles. The second-order valence-electron chi connectivity index (χ2n) is 5.41. The number of aryl methyl sites for hydroxylation is 2. The summed E-state index contributed by atoms with van der Waals surface area (Å²) in [4.78, 5) is 24.8. The van der Waals surface area contributed by atoms with Crippen LogP contribution < -0.4 is 11.4 Å². The maximum Gasteiger partial charge on any atom is 0.335 e. The van der Waals surface area contributed by atoms with E-state index in [-0.39, 0.29) is 24.6 Å². The highest BCUT2D eigenvalue weighted by molar-refractivity contribution is 5.91. The van der Waals surface area contributed by atoms with Crippen molar-refractivity contribution in [3.05, 3.63) is 64.3 Å². The van der Waals surface area contributed by atoms with Crippen LogP contribution in [0.3, 0.4) is 0 Å². The fraction of sp³-hybridized carbons (Fsp3) is 0.176. The molecule has 6 heteroatoms. The number of anilines is 1. The Kier molecular flexibility index (Phi) is 3.73. The lowest BCUT2D eigenvalue weighted by molar-refractivity contribution is 0.0903. The lowest BCUT2D eigenvalue weighted by Gasteiger charge is -2.04. The molecule has 0 bridgehead atoms. The third-order valence-electron chi connectivity index (χ3n) is 3.90. The standard InChI is InChI=1S/C17H16FN3O2/c1-20-14-8-7-12(19)10-15(14)21(17(20)23)16(22)9-6-11-4-2-3-5-13(11)18/h2-5,7-8,10H,6,9,19H2,1H3. The Labute approximate surface area is 131 Å². The first-order valence-electron chi connectivity index (χ1n) is 7.22. The van der Waals surface area contributed by atoms with Gasteiger partial charge in [-0.3, -0.25) is 9.36 Å². The first-order chi connectivity index (χ1) is 11.0. The van der Waals surface area contributed by atoms with E-state index in [4.69, 9.17) is 5.73 Å². The molecule has 2 aromatic carbocycles. The van der Waals surface area contributed by atoms with Crippen LogP contribution in [0, 0.1) is 5.82 Å². The predicted octanol–water partition coefficient (Wildman–Crippen LogP) is 2.33. The topological polar surface area (TPSA) is 70.0 Å². The molecule has 3 aromatic rings. The summed E-state index contributed by atoms with van der Waals surface area (Å²) in [5.41, 5.74) is 7.35. The molecular formula is C17H16FN3O2.